The van der Waals surface area contributed by atoms with E-state index in [4.69, 9.17) is 5.73 Å². The smallest absolute Gasteiger partial charge is 0.274 e. The molecule has 1 fully saturated rings. The highest BCUT2D eigenvalue weighted by Crippen LogP contribution is 2.22. The van der Waals surface area contributed by atoms with Crippen LogP contribution in [0.1, 0.15) is 24.3 Å². The van der Waals surface area contributed by atoms with Crippen molar-refractivity contribution in [3.63, 3.8) is 0 Å². The van der Waals surface area contributed by atoms with Crippen molar-refractivity contribution in [3.05, 3.63) is 11.1 Å². The lowest BCUT2D eigenvalue weighted by atomic mass is 9.98. The van der Waals surface area contributed by atoms with Crippen LogP contribution in [0.2, 0.25) is 0 Å². The van der Waals surface area contributed by atoms with Crippen LogP contribution in [0.5, 0.6) is 0 Å². The summed E-state index contributed by atoms with van der Waals surface area (Å²) in [5.41, 5.74) is 4.51. The van der Waals surface area contributed by atoms with Gasteiger partial charge >= 0.3 is 0 Å². The monoisotopic (exact) mass is 268 g/mol. The molecule has 0 bridgehead atoms. The number of amides is 3. The molecule has 0 radical (unpaired) electrons. The summed E-state index contributed by atoms with van der Waals surface area (Å²) in [6.45, 7) is 2.97. The largest absolute Gasteiger partial charge is 0.375 e. The second kappa shape index (κ2) is 4.05. The van der Waals surface area contributed by atoms with Crippen molar-refractivity contribution in [3.8, 4) is 0 Å². The van der Waals surface area contributed by atoms with Crippen LogP contribution in [-0.4, -0.2) is 39.7 Å². The first-order valence-corrected chi connectivity index (χ1v) is 6.07. The van der Waals surface area contributed by atoms with Gasteiger partial charge < -0.3 is 10.6 Å². The maximum absolute atomic E-state index is 12.2. The fourth-order valence-corrected chi connectivity index (χ4v) is 2.17. The third kappa shape index (κ3) is 1.94. The summed E-state index contributed by atoms with van der Waals surface area (Å²) in [7, 11) is 0. The van der Waals surface area contributed by atoms with Crippen LogP contribution < -0.4 is 11.1 Å². The number of rotatable bonds is 1. The van der Waals surface area contributed by atoms with E-state index in [0.717, 1.165) is 11.3 Å². The average Bonchev–Trinajstić information content (AvgIpc) is 2.70. The van der Waals surface area contributed by atoms with Crippen LogP contribution in [-0.2, 0) is 9.59 Å². The summed E-state index contributed by atoms with van der Waals surface area (Å²) in [6.07, 6.45) is 0. The van der Waals surface area contributed by atoms with Crippen LogP contribution in [0.25, 0.3) is 0 Å². The molecule has 1 aromatic rings. The van der Waals surface area contributed by atoms with E-state index in [-0.39, 0.29) is 17.4 Å². The number of nitrogen functional groups attached to an aromatic ring is 1. The molecule has 0 aromatic carbocycles. The number of imide groups is 1. The van der Waals surface area contributed by atoms with E-state index in [9.17, 15) is 14.4 Å². The molecule has 2 rings (SSSR count). The first-order valence-electron chi connectivity index (χ1n) is 5.19. The van der Waals surface area contributed by atoms with E-state index >= 15 is 0 Å². The van der Waals surface area contributed by atoms with Gasteiger partial charge in [0, 0.05) is 5.38 Å². The van der Waals surface area contributed by atoms with Crippen molar-refractivity contribution in [1.82, 2.24) is 15.2 Å². The van der Waals surface area contributed by atoms with Gasteiger partial charge in [-0.25, -0.2) is 4.98 Å². The number of aromatic nitrogens is 1. The third-order valence-corrected chi connectivity index (χ3v) is 3.45. The van der Waals surface area contributed by atoms with Gasteiger partial charge in [0.1, 0.15) is 17.8 Å². The van der Waals surface area contributed by atoms with E-state index < -0.39 is 23.3 Å². The predicted molar refractivity (Wildman–Crippen MR) is 64.8 cm³/mol. The summed E-state index contributed by atoms with van der Waals surface area (Å²) in [4.78, 5) is 40.3. The highest BCUT2D eigenvalue weighted by atomic mass is 32.1. The first-order chi connectivity index (χ1) is 8.32. The topological polar surface area (TPSA) is 105 Å². The molecule has 0 atom stereocenters. The van der Waals surface area contributed by atoms with Gasteiger partial charge in [0.15, 0.2) is 5.13 Å². The van der Waals surface area contributed by atoms with Crippen molar-refractivity contribution in [2.75, 3.05) is 12.3 Å². The van der Waals surface area contributed by atoms with Crippen molar-refractivity contribution in [2.24, 2.45) is 0 Å². The molecule has 8 heteroatoms. The van der Waals surface area contributed by atoms with Crippen molar-refractivity contribution < 1.29 is 14.4 Å². The minimum absolute atomic E-state index is 0.146. The standard InChI is InChI=1S/C10H12N4O3S/c1-10(2)8(17)13-6(15)3-14(10)7(16)5-4-18-9(11)12-5/h4H,3H2,1-2H3,(H2,11,12)(H,13,15,17). The van der Waals surface area contributed by atoms with Crippen LogP contribution in [0.15, 0.2) is 5.38 Å². The molecule has 96 valence electrons. The summed E-state index contributed by atoms with van der Waals surface area (Å²) >= 11 is 1.13. The second-order valence-electron chi connectivity index (χ2n) is 4.40. The average molecular weight is 268 g/mol. The van der Waals surface area contributed by atoms with Crippen LogP contribution in [0.4, 0.5) is 5.13 Å². The molecule has 0 aliphatic carbocycles. The van der Waals surface area contributed by atoms with E-state index in [0.29, 0.717) is 0 Å². The fourth-order valence-electron chi connectivity index (χ4n) is 1.63. The maximum atomic E-state index is 12.2. The number of carbonyl (C=O) groups is 3. The molecule has 3 N–H and O–H groups in total. The molecule has 1 saturated heterocycles. The molecular formula is C10H12N4O3S. The van der Waals surface area contributed by atoms with Crippen LogP contribution >= 0.6 is 11.3 Å². The number of carbonyl (C=O) groups excluding carboxylic acids is 3. The molecule has 18 heavy (non-hydrogen) atoms. The molecule has 1 aromatic heterocycles. The molecule has 1 aliphatic heterocycles. The van der Waals surface area contributed by atoms with Gasteiger partial charge in [-0.3, -0.25) is 19.7 Å². The normalized spacial score (nSPS) is 18.7. The van der Waals surface area contributed by atoms with Crippen molar-refractivity contribution in [1.29, 1.82) is 0 Å². The molecule has 3 amide bonds. The number of piperazine rings is 1. The van der Waals surface area contributed by atoms with E-state index in [1.54, 1.807) is 13.8 Å². The Hall–Kier alpha value is -1.96. The molecule has 7 nitrogen and oxygen atoms in total. The maximum Gasteiger partial charge on any atom is 0.274 e. The Balaban J connectivity index is 2.33. The van der Waals surface area contributed by atoms with Gasteiger partial charge in [-0.05, 0) is 13.8 Å². The van der Waals surface area contributed by atoms with Gasteiger partial charge in [-0.15, -0.1) is 11.3 Å². The molecule has 0 spiro atoms. The Kier molecular flexibility index (Phi) is 2.81. The van der Waals surface area contributed by atoms with Gasteiger partial charge in [0.25, 0.3) is 11.8 Å². The van der Waals surface area contributed by atoms with Gasteiger partial charge in [-0.2, -0.15) is 0 Å². The number of nitrogens with one attached hydrogen (secondary N) is 1. The van der Waals surface area contributed by atoms with E-state index in [1.165, 1.54) is 10.3 Å². The molecule has 2 heterocycles. The van der Waals surface area contributed by atoms with Gasteiger partial charge in [0.2, 0.25) is 5.91 Å². The number of anilines is 1. The lowest BCUT2D eigenvalue weighted by Gasteiger charge is -2.39. The zero-order valence-electron chi connectivity index (χ0n) is 9.89. The summed E-state index contributed by atoms with van der Waals surface area (Å²) in [5.74, 6) is -1.48. The molecular weight excluding hydrogens is 256 g/mol. The Bertz CT molecular complexity index is 537. The zero-order valence-corrected chi connectivity index (χ0v) is 10.7. The Labute approximate surface area is 107 Å². The Morgan fingerprint density at radius 1 is 1.56 bits per heavy atom. The lowest BCUT2D eigenvalue weighted by Crippen LogP contribution is -2.65. The number of nitrogens with zero attached hydrogens (tertiary/aromatic N) is 2. The predicted octanol–water partition coefficient (Wildman–Crippen LogP) is -0.397. The molecule has 1 aliphatic rings. The zero-order chi connectivity index (χ0) is 13.5. The number of nitrogens with two attached hydrogens (primary N) is 1. The number of hydrogen-bond donors (Lipinski definition) is 2. The van der Waals surface area contributed by atoms with Gasteiger partial charge in [-0.1, -0.05) is 0 Å². The van der Waals surface area contributed by atoms with Crippen molar-refractivity contribution >= 4 is 34.2 Å². The highest BCUT2D eigenvalue weighted by Gasteiger charge is 2.44. The Morgan fingerprint density at radius 2 is 2.22 bits per heavy atom. The fraction of sp³-hybridized carbons (Fsp3) is 0.400. The number of hydrogen-bond acceptors (Lipinski definition) is 6. The summed E-state index contributed by atoms with van der Waals surface area (Å²) in [6, 6.07) is 0. The number of thiazole rings is 1. The molecule has 0 saturated carbocycles. The van der Waals surface area contributed by atoms with Crippen molar-refractivity contribution in [2.45, 2.75) is 19.4 Å². The minimum Gasteiger partial charge on any atom is -0.375 e. The highest BCUT2D eigenvalue weighted by molar-refractivity contribution is 7.13. The summed E-state index contributed by atoms with van der Waals surface area (Å²) < 4.78 is 0. The van der Waals surface area contributed by atoms with E-state index in [1.807, 2.05) is 0 Å². The summed E-state index contributed by atoms with van der Waals surface area (Å²) in [5, 5.41) is 3.97. The third-order valence-electron chi connectivity index (χ3n) is 2.77. The Morgan fingerprint density at radius 3 is 2.78 bits per heavy atom. The lowest BCUT2D eigenvalue weighted by molar-refractivity contribution is -0.143. The van der Waals surface area contributed by atoms with Crippen LogP contribution in [0.3, 0.4) is 0 Å². The van der Waals surface area contributed by atoms with Crippen LogP contribution in [0, 0.1) is 0 Å². The second-order valence-corrected chi connectivity index (χ2v) is 5.29. The quantitative estimate of drug-likeness (QED) is 0.674. The minimum atomic E-state index is -1.09. The van der Waals surface area contributed by atoms with E-state index in [2.05, 4.69) is 10.3 Å². The molecule has 0 unspecified atom stereocenters. The first kappa shape index (κ1) is 12.5. The van der Waals surface area contributed by atoms with Gasteiger partial charge in [0.05, 0.1) is 0 Å². The SMILES string of the molecule is CC1(C)C(=O)NC(=O)CN1C(=O)c1csc(N)n1.